The molecule has 0 amide bonds. The lowest BCUT2D eigenvalue weighted by molar-refractivity contribution is -0.0963. The van der Waals surface area contributed by atoms with Crippen molar-refractivity contribution >= 4 is 0 Å². The van der Waals surface area contributed by atoms with E-state index in [-0.39, 0.29) is 24.4 Å². The third-order valence-corrected chi connectivity index (χ3v) is 3.38. The third-order valence-electron chi connectivity index (χ3n) is 3.38. The highest BCUT2D eigenvalue weighted by Crippen LogP contribution is 2.30. The number of nitrogens with zero attached hydrogens (tertiary/aromatic N) is 1. The Morgan fingerprint density at radius 1 is 1.32 bits per heavy atom. The van der Waals surface area contributed by atoms with Gasteiger partial charge in [0.2, 0.25) is 0 Å². The van der Waals surface area contributed by atoms with Crippen molar-refractivity contribution in [3.63, 3.8) is 0 Å². The molecule has 1 N–H and O–H groups in total. The molecular weight excluding hydrogens is 288 g/mol. The zero-order valence-corrected chi connectivity index (χ0v) is 13.4. The number of aromatic nitrogens is 2. The Morgan fingerprint density at radius 3 is 2.64 bits per heavy atom. The van der Waals surface area contributed by atoms with Crippen molar-refractivity contribution in [3.05, 3.63) is 33.1 Å². The van der Waals surface area contributed by atoms with E-state index in [1.165, 1.54) is 16.8 Å². The maximum Gasteiger partial charge on any atom is 0.330 e. The first-order valence-corrected chi connectivity index (χ1v) is 7.60. The van der Waals surface area contributed by atoms with Gasteiger partial charge in [-0.25, -0.2) is 4.79 Å². The first-order valence-electron chi connectivity index (χ1n) is 7.60. The average Bonchev–Trinajstić information content (AvgIpc) is 2.78. The van der Waals surface area contributed by atoms with E-state index in [9.17, 15) is 9.59 Å². The quantitative estimate of drug-likeness (QED) is 0.849. The van der Waals surface area contributed by atoms with Crippen LogP contribution in [0.4, 0.5) is 0 Å². The predicted octanol–water partition coefficient (Wildman–Crippen LogP) is 1.04. The molecule has 0 spiro atoms. The largest absolute Gasteiger partial charge is 0.376 e. The molecule has 0 aromatic carbocycles. The molecular formula is C15H24N2O5. The Bertz CT molecular complexity index is 592. The summed E-state index contributed by atoms with van der Waals surface area (Å²) in [5.41, 5.74) is -0.903. The number of hydrogen-bond donors (Lipinski definition) is 1. The number of ether oxygens (including phenoxy) is 3. The molecule has 2 heterocycles. The second-order valence-corrected chi connectivity index (χ2v) is 5.99. The van der Waals surface area contributed by atoms with E-state index in [4.69, 9.17) is 14.2 Å². The van der Waals surface area contributed by atoms with Crippen molar-refractivity contribution in [1.29, 1.82) is 0 Å². The van der Waals surface area contributed by atoms with Crippen LogP contribution < -0.4 is 11.2 Å². The fraction of sp³-hybridized carbons (Fsp3) is 0.733. The minimum Gasteiger partial charge on any atom is -0.376 e. The summed E-state index contributed by atoms with van der Waals surface area (Å²) in [7, 11) is 0. The Kier molecular flexibility index (Phi) is 5.55. The van der Waals surface area contributed by atoms with Crippen LogP contribution in [0.1, 0.15) is 40.3 Å². The van der Waals surface area contributed by atoms with Gasteiger partial charge in [-0.1, -0.05) is 0 Å². The van der Waals surface area contributed by atoms with E-state index in [2.05, 4.69) is 4.98 Å². The molecule has 1 unspecified atom stereocenters. The Labute approximate surface area is 129 Å². The number of hydrogen-bond acceptors (Lipinski definition) is 5. The Morgan fingerprint density at radius 2 is 2.05 bits per heavy atom. The van der Waals surface area contributed by atoms with Crippen LogP contribution in [0.3, 0.4) is 0 Å². The van der Waals surface area contributed by atoms with Crippen molar-refractivity contribution in [1.82, 2.24) is 9.55 Å². The van der Waals surface area contributed by atoms with Gasteiger partial charge >= 0.3 is 5.69 Å². The third kappa shape index (κ3) is 4.28. The van der Waals surface area contributed by atoms with Gasteiger partial charge in [-0.3, -0.25) is 14.3 Å². The number of aromatic amines is 1. The second-order valence-electron chi connectivity index (χ2n) is 5.99. The predicted molar refractivity (Wildman–Crippen MR) is 80.9 cm³/mol. The Hall–Kier alpha value is -1.44. The molecule has 2 rings (SSSR count). The topological polar surface area (TPSA) is 82.5 Å². The van der Waals surface area contributed by atoms with Gasteiger partial charge in [0.05, 0.1) is 24.9 Å². The molecule has 7 nitrogen and oxygen atoms in total. The summed E-state index contributed by atoms with van der Waals surface area (Å²) in [5.74, 6) is 0. The zero-order valence-electron chi connectivity index (χ0n) is 13.4. The molecule has 22 heavy (non-hydrogen) atoms. The summed E-state index contributed by atoms with van der Waals surface area (Å²) >= 11 is 0. The number of H-pyrrole nitrogens is 1. The van der Waals surface area contributed by atoms with Gasteiger partial charge in [-0.05, 0) is 27.7 Å². The van der Waals surface area contributed by atoms with E-state index in [1.54, 1.807) is 0 Å². The van der Waals surface area contributed by atoms with Crippen molar-refractivity contribution in [3.8, 4) is 0 Å². The SMILES string of the molecule is CC(C)OC[C@H]1O[C@@H](n2ccc(=O)[nH]c2=O)CC1OC(C)C. The minimum atomic E-state index is -0.480. The molecule has 7 heteroatoms. The van der Waals surface area contributed by atoms with E-state index >= 15 is 0 Å². The molecule has 0 saturated carbocycles. The van der Waals surface area contributed by atoms with E-state index in [0.29, 0.717) is 13.0 Å². The second kappa shape index (κ2) is 7.21. The van der Waals surface area contributed by atoms with E-state index < -0.39 is 17.5 Å². The van der Waals surface area contributed by atoms with E-state index in [0.717, 1.165) is 0 Å². The highest BCUT2D eigenvalue weighted by atomic mass is 16.6. The molecule has 124 valence electrons. The van der Waals surface area contributed by atoms with Crippen molar-refractivity contribution in [2.75, 3.05) is 6.61 Å². The van der Waals surface area contributed by atoms with Crippen LogP contribution >= 0.6 is 0 Å². The monoisotopic (exact) mass is 312 g/mol. The normalized spacial score (nSPS) is 25.3. The highest BCUT2D eigenvalue weighted by Gasteiger charge is 2.38. The summed E-state index contributed by atoms with van der Waals surface area (Å²) in [6, 6.07) is 1.31. The van der Waals surface area contributed by atoms with Gasteiger partial charge in [0, 0.05) is 18.7 Å². The summed E-state index contributed by atoms with van der Waals surface area (Å²) in [6.45, 7) is 8.23. The molecule has 0 radical (unpaired) electrons. The van der Waals surface area contributed by atoms with Crippen LogP contribution in [0.5, 0.6) is 0 Å². The average molecular weight is 312 g/mol. The van der Waals surface area contributed by atoms with Crippen molar-refractivity contribution < 1.29 is 14.2 Å². The van der Waals surface area contributed by atoms with E-state index in [1.807, 2.05) is 27.7 Å². The molecule has 1 aromatic rings. The summed E-state index contributed by atoms with van der Waals surface area (Å²) < 4.78 is 18.8. The van der Waals surface area contributed by atoms with Gasteiger partial charge in [-0.2, -0.15) is 0 Å². The van der Waals surface area contributed by atoms with Gasteiger partial charge < -0.3 is 14.2 Å². The smallest absolute Gasteiger partial charge is 0.330 e. The van der Waals surface area contributed by atoms with Gasteiger partial charge in [0.1, 0.15) is 12.3 Å². The minimum absolute atomic E-state index is 0.0567. The lowest BCUT2D eigenvalue weighted by Gasteiger charge is -2.21. The van der Waals surface area contributed by atoms with Crippen LogP contribution in [0.25, 0.3) is 0 Å². The first kappa shape index (κ1) is 16.9. The highest BCUT2D eigenvalue weighted by molar-refractivity contribution is 4.89. The number of rotatable bonds is 6. The summed E-state index contributed by atoms with van der Waals surface area (Å²) in [4.78, 5) is 25.3. The standard InChI is InChI=1S/C15H24N2O5/c1-9(2)20-8-12-11(21-10(3)4)7-14(22-12)17-6-5-13(18)16-15(17)19/h5-6,9-12,14H,7-8H2,1-4H3,(H,16,18,19)/t11?,12-,14-/m1/s1. The molecule has 1 aliphatic rings. The molecule has 1 aliphatic heterocycles. The lowest BCUT2D eigenvalue weighted by Crippen LogP contribution is -2.32. The molecule has 1 saturated heterocycles. The van der Waals surface area contributed by atoms with Crippen LogP contribution in [-0.2, 0) is 14.2 Å². The fourth-order valence-electron chi connectivity index (χ4n) is 2.46. The van der Waals surface area contributed by atoms with Gasteiger partial charge in [-0.15, -0.1) is 0 Å². The summed E-state index contributed by atoms with van der Waals surface area (Å²) in [5, 5.41) is 0. The molecule has 3 atom stereocenters. The first-order chi connectivity index (χ1) is 10.4. The van der Waals surface area contributed by atoms with Crippen molar-refractivity contribution in [2.45, 2.75) is 64.8 Å². The fourth-order valence-corrected chi connectivity index (χ4v) is 2.46. The number of nitrogens with one attached hydrogen (secondary N) is 1. The van der Waals surface area contributed by atoms with Crippen LogP contribution in [-0.4, -0.2) is 40.6 Å². The lowest BCUT2D eigenvalue weighted by atomic mass is 10.1. The van der Waals surface area contributed by atoms with Gasteiger partial charge in [0.25, 0.3) is 5.56 Å². The Balaban J connectivity index is 2.14. The molecule has 0 bridgehead atoms. The zero-order chi connectivity index (χ0) is 16.3. The molecule has 0 aliphatic carbocycles. The summed E-state index contributed by atoms with van der Waals surface area (Å²) in [6.07, 6.45) is 1.28. The van der Waals surface area contributed by atoms with Crippen molar-refractivity contribution in [2.24, 2.45) is 0 Å². The maximum absolute atomic E-state index is 11.9. The van der Waals surface area contributed by atoms with Crippen LogP contribution in [0.2, 0.25) is 0 Å². The van der Waals surface area contributed by atoms with Crippen LogP contribution in [0.15, 0.2) is 21.9 Å². The molecule has 1 aromatic heterocycles. The van der Waals surface area contributed by atoms with Crippen LogP contribution in [0, 0.1) is 0 Å². The molecule has 1 fully saturated rings. The maximum atomic E-state index is 11.9. The van der Waals surface area contributed by atoms with Gasteiger partial charge in [0.15, 0.2) is 0 Å².